The fourth-order valence-electron chi connectivity index (χ4n) is 1.11. The lowest BCUT2D eigenvalue weighted by molar-refractivity contribution is -0.120. The molecule has 0 heterocycles. The van der Waals surface area contributed by atoms with E-state index in [1.54, 1.807) is 0 Å². The van der Waals surface area contributed by atoms with Gasteiger partial charge in [-0.3, -0.25) is 10.1 Å². The third-order valence-corrected chi connectivity index (χ3v) is 3.12. The summed E-state index contributed by atoms with van der Waals surface area (Å²) in [6, 6.07) is -0.805. The molecule has 1 atom stereocenters. The van der Waals surface area contributed by atoms with Crippen LogP contribution in [0.5, 0.6) is 0 Å². The van der Waals surface area contributed by atoms with Gasteiger partial charge in [0.2, 0.25) is 5.91 Å². The maximum atomic E-state index is 11.3. The Hall–Kier alpha value is -0.580. The van der Waals surface area contributed by atoms with E-state index < -0.39 is 6.03 Å². The summed E-state index contributed by atoms with van der Waals surface area (Å²) in [6.07, 6.45) is 1.77. The fourth-order valence-corrected chi connectivity index (χ4v) is 1.97. The number of alkyl halides is 1. The summed E-state index contributed by atoms with van der Waals surface area (Å²) in [4.78, 5) is 21.3. The maximum absolute atomic E-state index is 11.3. The molecule has 76 valence electrons. The summed E-state index contributed by atoms with van der Waals surface area (Å²) in [6.45, 7) is 4.00. The van der Waals surface area contributed by atoms with Gasteiger partial charge < -0.3 is 5.73 Å². The van der Waals surface area contributed by atoms with Gasteiger partial charge in [-0.15, -0.1) is 0 Å². The normalized spacial score (nSPS) is 12.6. The number of urea groups is 1. The second kappa shape index (κ2) is 5.96. The molecule has 0 unspecified atom stereocenters. The standard InChI is InChI=1S/C8H15BrN2O2/c1-3-5(4-2)6(9)7(12)11-8(10)13/h5-6H,3-4H2,1-2H3,(H3,10,11,12,13)/t6-/m1/s1. The van der Waals surface area contributed by atoms with E-state index >= 15 is 0 Å². The van der Waals surface area contributed by atoms with Crippen molar-refractivity contribution < 1.29 is 9.59 Å². The number of primary amides is 1. The van der Waals surface area contributed by atoms with Gasteiger partial charge in [0, 0.05) is 0 Å². The number of amides is 3. The Morgan fingerprint density at radius 3 is 2.15 bits per heavy atom. The lowest BCUT2D eigenvalue weighted by atomic mass is 9.99. The number of imide groups is 1. The average Bonchev–Trinajstić information content (AvgIpc) is 2.05. The van der Waals surface area contributed by atoms with Crippen molar-refractivity contribution in [3.63, 3.8) is 0 Å². The zero-order valence-corrected chi connectivity index (χ0v) is 9.43. The molecule has 0 spiro atoms. The largest absolute Gasteiger partial charge is 0.351 e. The summed E-state index contributed by atoms with van der Waals surface area (Å²) in [5.74, 6) is -0.124. The monoisotopic (exact) mass is 250 g/mol. The fraction of sp³-hybridized carbons (Fsp3) is 0.750. The first kappa shape index (κ1) is 12.4. The minimum absolute atomic E-state index is 0.236. The topological polar surface area (TPSA) is 72.2 Å². The molecule has 0 saturated heterocycles. The molecule has 3 amide bonds. The van der Waals surface area contributed by atoms with E-state index in [0.717, 1.165) is 12.8 Å². The van der Waals surface area contributed by atoms with E-state index in [-0.39, 0.29) is 16.7 Å². The summed E-state index contributed by atoms with van der Waals surface area (Å²) in [7, 11) is 0. The van der Waals surface area contributed by atoms with E-state index in [9.17, 15) is 9.59 Å². The summed E-state index contributed by atoms with van der Waals surface area (Å²) >= 11 is 3.24. The van der Waals surface area contributed by atoms with Crippen LogP contribution in [-0.4, -0.2) is 16.8 Å². The number of halogens is 1. The van der Waals surface area contributed by atoms with Crippen molar-refractivity contribution in [2.24, 2.45) is 11.7 Å². The van der Waals surface area contributed by atoms with Crippen LogP contribution in [0, 0.1) is 5.92 Å². The quantitative estimate of drug-likeness (QED) is 0.741. The Labute approximate surface area is 86.4 Å². The highest BCUT2D eigenvalue weighted by Gasteiger charge is 2.23. The van der Waals surface area contributed by atoms with Gasteiger partial charge in [0.1, 0.15) is 0 Å². The van der Waals surface area contributed by atoms with Crippen molar-refractivity contribution in [3.8, 4) is 0 Å². The molecule has 0 aromatic rings. The second-order valence-corrected chi connectivity index (χ2v) is 3.82. The predicted molar refractivity (Wildman–Crippen MR) is 54.5 cm³/mol. The van der Waals surface area contributed by atoms with Gasteiger partial charge in [0.05, 0.1) is 4.83 Å². The second-order valence-electron chi connectivity index (χ2n) is 2.83. The van der Waals surface area contributed by atoms with E-state index in [0.29, 0.717) is 0 Å². The molecule has 4 nitrogen and oxygen atoms in total. The molecule has 0 aliphatic carbocycles. The molecule has 0 aromatic heterocycles. The number of nitrogens with two attached hydrogens (primary N) is 1. The Balaban J connectivity index is 4.14. The molecule has 0 radical (unpaired) electrons. The number of hydrogen-bond donors (Lipinski definition) is 2. The molecule has 0 aromatic carbocycles. The Morgan fingerprint density at radius 1 is 1.38 bits per heavy atom. The van der Waals surface area contributed by atoms with E-state index in [1.165, 1.54) is 0 Å². The van der Waals surface area contributed by atoms with Crippen molar-refractivity contribution in [1.29, 1.82) is 0 Å². The van der Waals surface area contributed by atoms with Gasteiger partial charge in [-0.1, -0.05) is 42.6 Å². The van der Waals surface area contributed by atoms with Crippen molar-refractivity contribution in [3.05, 3.63) is 0 Å². The van der Waals surface area contributed by atoms with Crippen LogP contribution in [0.1, 0.15) is 26.7 Å². The molecule has 13 heavy (non-hydrogen) atoms. The highest BCUT2D eigenvalue weighted by molar-refractivity contribution is 9.10. The number of hydrogen-bond acceptors (Lipinski definition) is 2. The summed E-state index contributed by atoms with van der Waals surface area (Å²) in [5.41, 5.74) is 4.82. The molecule has 0 fully saturated rings. The highest BCUT2D eigenvalue weighted by atomic mass is 79.9. The minimum atomic E-state index is -0.805. The number of carbonyl (C=O) groups is 2. The van der Waals surface area contributed by atoms with Crippen molar-refractivity contribution in [2.45, 2.75) is 31.5 Å². The Kier molecular flexibility index (Phi) is 5.70. The third-order valence-electron chi connectivity index (χ3n) is 1.96. The number of carbonyl (C=O) groups excluding carboxylic acids is 2. The summed E-state index contributed by atoms with van der Waals surface area (Å²) < 4.78 is 0. The molecule has 0 bridgehead atoms. The SMILES string of the molecule is CCC(CC)[C@@H](Br)C(=O)NC(N)=O. The molecule has 0 aliphatic rings. The number of rotatable bonds is 4. The predicted octanol–water partition coefficient (Wildman–Crippen LogP) is 1.38. The maximum Gasteiger partial charge on any atom is 0.318 e. The first-order valence-electron chi connectivity index (χ1n) is 4.27. The van der Waals surface area contributed by atoms with Crippen LogP contribution < -0.4 is 11.1 Å². The zero-order valence-electron chi connectivity index (χ0n) is 7.84. The van der Waals surface area contributed by atoms with Crippen LogP contribution in [0.15, 0.2) is 0 Å². The molecule has 3 N–H and O–H groups in total. The van der Waals surface area contributed by atoms with Crippen LogP contribution in [0.4, 0.5) is 4.79 Å². The third kappa shape index (κ3) is 4.26. The molecule has 0 aliphatic heterocycles. The molecule has 0 saturated carbocycles. The lowest BCUT2D eigenvalue weighted by Gasteiger charge is -2.17. The van der Waals surface area contributed by atoms with E-state index in [1.807, 2.05) is 19.2 Å². The van der Waals surface area contributed by atoms with Crippen molar-refractivity contribution in [2.75, 3.05) is 0 Å². The van der Waals surface area contributed by atoms with Gasteiger partial charge in [-0.2, -0.15) is 0 Å². The van der Waals surface area contributed by atoms with Gasteiger partial charge in [0.25, 0.3) is 0 Å². The van der Waals surface area contributed by atoms with Crippen molar-refractivity contribution >= 4 is 27.9 Å². The Morgan fingerprint density at radius 2 is 1.85 bits per heavy atom. The van der Waals surface area contributed by atoms with E-state index in [2.05, 4.69) is 15.9 Å². The summed E-state index contributed by atoms with van der Waals surface area (Å²) in [5, 5.41) is 2.04. The van der Waals surface area contributed by atoms with Gasteiger partial charge in [-0.25, -0.2) is 4.79 Å². The van der Waals surface area contributed by atoms with Gasteiger partial charge >= 0.3 is 6.03 Å². The van der Waals surface area contributed by atoms with Gasteiger partial charge in [0.15, 0.2) is 0 Å². The minimum Gasteiger partial charge on any atom is -0.351 e. The smallest absolute Gasteiger partial charge is 0.318 e. The highest BCUT2D eigenvalue weighted by Crippen LogP contribution is 2.20. The molecular formula is C8H15BrN2O2. The first-order valence-corrected chi connectivity index (χ1v) is 5.18. The molecular weight excluding hydrogens is 236 g/mol. The van der Waals surface area contributed by atoms with Crippen LogP contribution in [0.25, 0.3) is 0 Å². The van der Waals surface area contributed by atoms with Crippen LogP contribution in [0.3, 0.4) is 0 Å². The van der Waals surface area contributed by atoms with Crippen LogP contribution in [-0.2, 0) is 4.79 Å². The van der Waals surface area contributed by atoms with Crippen LogP contribution >= 0.6 is 15.9 Å². The van der Waals surface area contributed by atoms with Crippen LogP contribution in [0.2, 0.25) is 0 Å². The van der Waals surface area contributed by atoms with Crippen molar-refractivity contribution in [1.82, 2.24) is 5.32 Å². The molecule has 0 rings (SSSR count). The zero-order chi connectivity index (χ0) is 10.4. The van der Waals surface area contributed by atoms with Gasteiger partial charge in [-0.05, 0) is 5.92 Å². The lowest BCUT2D eigenvalue weighted by Crippen LogP contribution is -2.41. The Bertz CT molecular complexity index is 193. The molecule has 5 heteroatoms. The average molecular weight is 251 g/mol. The van der Waals surface area contributed by atoms with E-state index in [4.69, 9.17) is 5.73 Å². The number of nitrogens with one attached hydrogen (secondary N) is 1. The first-order chi connectivity index (χ1) is 6.02.